The van der Waals surface area contributed by atoms with Crippen LogP contribution in [0.5, 0.6) is 0 Å². The molecule has 1 amide bonds. The summed E-state index contributed by atoms with van der Waals surface area (Å²) in [5.74, 6) is -1.45. The largest absolute Gasteiger partial charge is 0.465 e. The first-order chi connectivity index (χ1) is 17.0. The quantitative estimate of drug-likeness (QED) is 0.402. The van der Waals surface area contributed by atoms with Crippen molar-refractivity contribution >= 4 is 28.7 Å². The second kappa shape index (κ2) is 10.6. The van der Waals surface area contributed by atoms with Gasteiger partial charge in [0.15, 0.2) is 6.61 Å². The first-order valence-electron chi connectivity index (χ1n) is 11.0. The highest BCUT2D eigenvalue weighted by Crippen LogP contribution is 2.30. The zero-order chi connectivity index (χ0) is 24.8. The predicted molar refractivity (Wildman–Crippen MR) is 132 cm³/mol. The molecule has 0 aliphatic rings. The average molecular weight is 469 g/mol. The number of aromatic nitrogens is 1. The Balaban J connectivity index is 1.46. The summed E-state index contributed by atoms with van der Waals surface area (Å²) < 4.78 is 10.1. The number of pyridine rings is 1. The first-order valence-corrected chi connectivity index (χ1v) is 11.0. The lowest BCUT2D eigenvalue weighted by atomic mass is 9.98. The molecule has 7 nitrogen and oxygen atoms in total. The van der Waals surface area contributed by atoms with Crippen molar-refractivity contribution in [2.75, 3.05) is 13.7 Å². The van der Waals surface area contributed by atoms with E-state index in [1.54, 1.807) is 24.3 Å². The van der Waals surface area contributed by atoms with Gasteiger partial charge in [0.1, 0.15) is 0 Å². The van der Waals surface area contributed by atoms with Gasteiger partial charge in [-0.25, -0.2) is 14.6 Å². The van der Waals surface area contributed by atoms with Crippen LogP contribution in [-0.4, -0.2) is 36.5 Å². The van der Waals surface area contributed by atoms with E-state index in [4.69, 9.17) is 9.72 Å². The number of para-hydroxylation sites is 1. The number of esters is 2. The SMILES string of the molecule is COC(=O)c1ccc(CNC(=O)COC(=O)c2c(C)c(-c3ccccc3)nc3ccccc23)cc1. The van der Waals surface area contributed by atoms with Gasteiger partial charge in [-0.2, -0.15) is 0 Å². The summed E-state index contributed by atoms with van der Waals surface area (Å²) in [7, 11) is 1.32. The Kier molecular flexibility index (Phi) is 7.16. The zero-order valence-electron chi connectivity index (χ0n) is 19.4. The number of carbonyl (C=O) groups is 3. The average Bonchev–Trinajstić information content (AvgIpc) is 2.90. The highest BCUT2D eigenvalue weighted by Gasteiger charge is 2.20. The predicted octanol–water partition coefficient (Wildman–Crippen LogP) is 4.47. The molecule has 1 heterocycles. The lowest BCUT2D eigenvalue weighted by Crippen LogP contribution is -2.28. The van der Waals surface area contributed by atoms with E-state index >= 15 is 0 Å². The third-order valence-corrected chi connectivity index (χ3v) is 5.59. The molecule has 0 aliphatic carbocycles. The number of methoxy groups -OCH3 is 1. The molecule has 1 aromatic heterocycles. The molecule has 0 spiro atoms. The van der Waals surface area contributed by atoms with E-state index in [0.29, 0.717) is 33.3 Å². The van der Waals surface area contributed by atoms with E-state index < -0.39 is 24.5 Å². The number of fused-ring (bicyclic) bond motifs is 1. The van der Waals surface area contributed by atoms with Gasteiger partial charge >= 0.3 is 11.9 Å². The highest BCUT2D eigenvalue weighted by molar-refractivity contribution is 6.06. The fourth-order valence-corrected chi connectivity index (χ4v) is 3.78. The van der Waals surface area contributed by atoms with Crippen molar-refractivity contribution < 1.29 is 23.9 Å². The molecular weight excluding hydrogens is 444 g/mol. The zero-order valence-corrected chi connectivity index (χ0v) is 19.4. The molecule has 0 fully saturated rings. The molecule has 1 N–H and O–H groups in total. The van der Waals surface area contributed by atoms with Crippen LogP contribution < -0.4 is 5.32 Å². The van der Waals surface area contributed by atoms with Crippen LogP contribution in [0.3, 0.4) is 0 Å². The Morgan fingerprint density at radius 3 is 2.26 bits per heavy atom. The van der Waals surface area contributed by atoms with Crippen LogP contribution in [-0.2, 0) is 20.8 Å². The second-order valence-corrected chi connectivity index (χ2v) is 7.88. The Bertz CT molecular complexity index is 1380. The number of hydrogen-bond donors (Lipinski definition) is 1. The van der Waals surface area contributed by atoms with Crippen molar-refractivity contribution in [1.29, 1.82) is 0 Å². The number of nitrogens with zero attached hydrogens (tertiary/aromatic N) is 1. The minimum absolute atomic E-state index is 0.229. The molecule has 7 heteroatoms. The van der Waals surface area contributed by atoms with Gasteiger partial charge < -0.3 is 14.8 Å². The molecule has 176 valence electrons. The van der Waals surface area contributed by atoms with Crippen molar-refractivity contribution in [3.63, 3.8) is 0 Å². The lowest BCUT2D eigenvalue weighted by Gasteiger charge is -2.14. The Hall–Kier alpha value is -4.52. The minimum Gasteiger partial charge on any atom is -0.465 e. The van der Waals surface area contributed by atoms with E-state index in [1.807, 2.05) is 61.5 Å². The number of rotatable bonds is 7. The molecule has 0 radical (unpaired) electrons. The molecule has 4 rings (SSSR count). The molecule has 0 atom stereocenters. The summed E-state index contributed by atoms with van der Waals surface area (Å²) >= 11 is 0. The molecule has 0 saturated carbocycles. The third kappa shape index (κ3) is 5.35. The van der Waals surface area contributed by atoms with Crippen LogP contribution >= 0.6 is 0 Å². The molecule has 3 aromatic carbocycles. The van der Waals surface area contributed by atoms with Gasteiger partial charge in [0.05, 0.1) is 29.4 Å². The van der Waals surface area contributed by atoms with Gasteiger partial charge in [0, 0.05) is 17.5 Å². The van der Waals surface area contributed by atoms with Gasteiger partial charge in [0.2, 0.25) is 0 Å². The van der Waals surface area contributed by atoms with Crippen molar-refractivity contribution in [2.24, 2.45) is 0 Å². The second-order valence-electron chi connectivity index (χ2n) is 7.88. The summed E-state index contributed by atoms with van der Waals surface area (Å²) in [5.41, 5.74) is 4.54. The Morgan fingerprint density at radius 1 is 0.857 bits per heavy atom. The monoisotopic (exact) mass is 468 g/mol. The van der Waals surface area contributed by atoms with Crippen LogP contribution in [0.4, 0.5) is 0 Å². The van der Waals surface area contributed by atoms with Crippen LogP contribution in [0.1, 0.15) is 31.8 Å². The topological polar surface area (TPSA) is 94.6 Å². The van der Waals surface area contributed by atoms with Crippen LogP contribution in [0.25, 0.3) is 22.2 Å². The third-order valence-electron chi connectivity index (χ3n) is 5.59. The van der Waals surface area contributed by atoms with Gasteiger partial charge in [-0.05, 0) is 36.2 Å². The summed E-state index contributed by atoms with van der Waals surface area (Å²) in [5, 5.41) is 3.38. The van der Waals surface area contributed by atoms with E-state index in [9.17, 15) is 14.4 Å². The Morgan fingerprint density at radius 2 is 1.54 bits per heavy atom. The maximum atomic E-state index is 13.1. The van der Waals surface area contributed by atoms with E-state index in [2.05, 4.69) is 10.1 Å². The normalized spacial score (nSPS) is 10.6. The number of benzene rings is 3. The molecule has 35 heavy (non-hydrogen) atoms. The van der Waals surface area contributed by atoms with Gasteiger partial charge in [0.25, 0.3) is 5.91 Å². The van der Waals surface area contributed by atoms with Crippen LogP contribution in [0.2, 0.25) is 0 Å². The highest BCUT2D eigenvalue weighted by atomic mass is 16.5. The molecule has 0 saturated heterocycles. The molecule has 4 aromatic rings. The Labute approximate surface area is 202 Å². The molecular formula is C28H24N2O5. The minimum atomic E-state index is -0.587. The maximum Gasteiger partial charge on any atom is 0.339 e. The fraction of sp³-hybridized carbons (Fsp3) is 0.143. The van der Waals surface area contributed by atoms with E-state index in [0.717, 1.165) is 11.1 Å². The van der Waals surface area contributed by atoms with Gasteiger partial charge in [-0.1, -0.05) is 60.7 Å². The molecule has 0 aliphatic heterocycles. The summed E-state index contributed by atoms with van der Waals surface area (Å²) in [6.07, 6.45) is 0. The van der Waals surface area contributed by atoms with E-state index in [1.165, 1.54) is 7.11 Å². The first kappa shape index (κ1) is 23.6. The molecule has 0 bridgehead atoms. The van der Waals surface area contributed by atoms with Crippen molar-refractivity contribution in [3.05, 3.63) is 101 Å². The van der Waals surface area contributed by atoms with Crippen LogP contribution in [0.15, 0.2) is 78.9 Å². The van der Waals surface area contributed by atoms with Crippen molar-refractivity contribution in [2.45, 2.75) is 13.5 Å². The standard InChI is InChI=1S/C28H24N2O5/c1-18-25(22-10-6-7-11-23(22)30-26(18)20-8-4-3-5-9-20)28(33)35-17-24(31)29-16-19-12-14-21(15-13-19)27(32)34-2/h3-15H,16-17H2,1-2H3,(H,29,31). The molecule has 0 unspecified atom stereocenters. The number of amides is 1. The number of carbonyl (C=O) groups excluding carboxylic acids is 3. The summed E-state index contributed by atoms with van der Waals surface area (Å²) in [6.45, 7) is 1.64. The number of hydrogen-bond acceptors (Lipinski definition) is 6. The van der Waals surface area contributed by atoms with Gasteiger partial charge in [-0.3, -0.25) is 4.79 Å². The van der Waals surface area contributed by atoms with Crippen molar-refractivity contribution in [3.8, 4) is 11.3 Å². The number of ether oxygens (including phenoxy) is 2. The van der Waals surface area contributed by atoms with Crippen LogP contribution in [0, 0.1) is 6.92 Å². The lowest BCUT2D eigenvalue weighted by molar-refractivity contribution is -0.124. The summed E-state index contributed by atoms with van der Waals surface area (Å²) in [4.78, 5) is 41.7. The van der Waals surface area contributed by atoms with E-state index in [-0.39, 0.29) is 6.54 Å². The maximum absolute atomic E-state index is 13.1. The number of nitrogens with one attached hydrogen (secondary N) is 1. The fourth-order valence-electron chi connectivity index (χ4n) is 3.78. The summed E-state index contributed by atoms with van der Waals surface area (Å²) in [6, 6.07) is 23.6. The van der Waals surface area contributed by atoms with Gasteiger partial charge in [-0.15, -0.1) is 0 Å². The van der Waals surface area contributed by atoms with Crippen molar-refractivity contribution in [1.82, 2.24) is 10.3 Å². The smallest absolute Gasteiger partial charge is 0.339 e.